The summed E-state index contributed by atoms with van der Waals surface area (Å²) in [7, 11) is 3.14. The smallest absolute Gasteiger partial charge is 0.407 e. The van der Waals surface area contributed by atoms with Crippen molar-refractivity contribution >= 4 is 6.09 Å². The molecule has 24 heavy (non-hydrogen) atoms. The summed E-state index contributed by atoms with van der Waals surface area (Å²) < 4.78 is 20.8. The number of ether oxygens (including phenoxy) is 4. The predicted octanol–water partition coefficient (Wildman–Crippen LogP) is 3.63. The standard InChI is InChI=1S/C16H33NO5.C2H6/c1-13(2)8-10-21-14(3)7-6-9-17-16(18)22-12-15(20-5)11-19-4;1-2/h13-15H,6-12H2,1-5H3,(H,17,18);1-2H3. The van der Waals surface area contributed by atoms with Crippen LogP contribution in [0.15, 0.2) is 0 Å². The summed E-state index contributed by atoms with van der Waals surface area (Å²) in [6, 6.07) is 0. The number of carbonyl (C=O) groups is 1. The quantitative estimate of drug-likeness (QED) is 0.514. The van der Waals surface area contributed by atoms with Gasteiger partial charge in [-0.2, -0.15) is 0 Å². The van der Waals surface area contributed by atoms with E-state index in [4.69, 9.17) is 18.9 Å². The number of nitrogens with one attached hydrogen (secondary N) is 1. The van der Waals surface area contributed by atoms with Crippen LogP contribution in [0.5, 0.6) is 0 Å². The zero-order chi connectivity index (χ0) is 18.8. The Morgan fingerprint density at radius 2 is 1.71 bits per heavy atom. The van der Waals surface area contributed by atoms with E-state index in [1.165, 1.54) is 0 Å². The molecule has 146 valence electrons. The second-order valence-electron chi connectivity index (χ2n) is 5.84. The minimum Gasteiger partial charge on any atom is -0.447 e. The van der Waals surface area contributed by atoms with Gasteiger partial charge in [-0.1, -0.05) is 27.7 Å². The van der Waals surface area contributed by atoms with Crippen molar-refractivity contribution < 1.29 is 23.7 Å². The van der Waals surface area contributed by atoms with Crippen LogP contribution < -0.4 is 5.32 Å². The van der Waals surface area contributed by atoms with Crippen molar-refractivity contribution in [2.45, 2.75) is 66.1 Å². The predicted molar refractivity (Wildman–Crippen MR) is 97.5 cm³/mol. The third kappa shape index (κ3) is 17.5. The molecule has 0 aromatic heterocycles. The summed E-state index contributed by atoms with van der Waals surface area (Å²) in [5.41, 5.74) is 0. The molecule has 6 heteroatoms. The Kier molecular flexibility index (Phi) is 19.6. The third-order valence-corrected chi connectivity index (χ3v) is 3.24. The van der Waals surface area contributed by atoms with Crippen LogP contribution in [0.3, 0.4) is 0 Å². The van der Waals surface area contributed by atoms with Crippen molar-refractivity contribution in [3.8, 4) is 0 Å². The molecule has 0 rings (SSSR count). The van der Waals surface area contributed by atoms with Gasteiger partial charge in [-0.05, 0) is 32.1 Å². The highest BCUT2D eigenvalue weighted by molar-refractivity contribution is 5.67. The van der Waals surface area contributed by atoms with E-state index in [2.05, 4.69) is 26.1 Å². The van der Waals surface area contributed by atoms with Crippen molar-refractivity contribution in [1.82, 2.24) is 5.32 Å². The molecule has 0 aromatic rings. The van der Waals surface area contributed by atoms with E-state index in [-0.39, 0.29) is 18.8 Å². The first-order chi connectivity index (χ1) is 11.5. The first-order valence-corrected chi connectivity index (χ1v) is 9.03. The lowest BCUT2D eigenvalue weighted by Crippen LogP contribution is -2.31. The molecular formula is C18H39NO5. The van der Waals surface area contributed by atoms with Crippen LogP contribution in [0.4, 0.5) is 4.79 Å². The molecule has 1 amide bonds. The molecule has 0 aliphatic carbocycles. The number of methoxy groups -OCH3 is 2. The molecule has 0 saturated heterocycles. The summed E-state index contributed by atoms with van der Waals surface area (Å²) in [6.45, 7) is 12.4. The van der Waals surface area contributed by atoms with E-state index < -0.39 is 6.09 Å². The second kappa shape index (κ2) is 18.5. The molecule has 0 aliphatic rings. The van der Waals surface area contributed by atoms with E-state index in [1.54, 1.807) is 14.2 Å². The molecule has 0 saturated carbocycles. The fourth-order valence-electron chi connectivity index (χ4n) is 1.76. The maximum atomic E-state index is 11.5. The highest BCUT2D eigenvalue weighted by Gasteiger charge is 2.10. The van der Waals surface area contributed by atoms with Gasteiger partial charge in [0.15, 0.2) is 0 Å². The largest absolute Gasteiger partial charge is 0.447 e. The Morgan fingerprint density at radius 3 is 2.25 bits per heavy atom. The second-order valence-corrected chi connectivity index (χ2v) is 5.84. The fourth-order valence-corrected chi connectivity index (χ4v) is 1.76. The molecule has 2 atom stereocenters. The summed E-state index contributed by atoms with van der Waals surface area (Å²) in [5, 5.41) is 2.72. The van der Waals surface area contributed by atoms with Gasteiger partial charge < -0.3 is 24.3 Å². The van der Waals surface area contributed by atoms with Crippen LogP contribution in [0, 0.1) is 5.92 Å². The number of hydrogen-bond donors (Lipinski definition) is 1. The van der Waals surface area contributed by atoms with Gasteiger partial charge in [0.25, 0.3) is 0 Å². The van der Waals surface area contributed by atoms with Crippen molar-refractivity contribution in [3.63, 3.8) is 0 Å². The Balaban J connectivity index is 0. The van der Waals surface area contributed by atoms with E-state index in [0.29, 0.717) is 19.1 Å². The molecule has 0 radical (unpaired) electrons. The first kappa shape index (κ1) is 25.4. The van der Waals surface area contributed by atoms with E-state index in [1.807, 2.05) is 13.8 Å². The van der Waals surface area contributed by atoms with Gasteiger partial charge in [-0.15, -0.1) is 0 Å². The van der Waals surface area contributed by atoms with Crippen LogP contribution in [0.2, 0.25) is 0 Å². The maximum Gasteiger partial charge on any atom is 0.407 e. The lowest BCUT2D eigenvalue weighted by Gasteiger charge is -2.15. The van der Waals surface area contributed by atoms with Crippen LogP contribution in [-0.2, 0) is 18.9 Å². The minimum absolute atomic E-state index is 0.185. The van der Waals surface area contributed by atoms with Gasteiger partial charge in [0.05, 0.1) is 12.7 Å². The summed E-state index contributed by atoms with van der Waals surface area (Å²) in [4.78, 5) is 11.5. The van der Waals surface area contributed by atoms with Crippen molar-refractivity contribution in [1.29, 1.82) is 0 Å². The minimum atomic E-state index is -0.425. The highest BCUT2D eigenvalue weighted by atomic mass is 16.6. The van der Waals surface area contributed by atoms with E-state index in [9.17, 15) is 4.79 Å². The lowest BCUT2D eigenvalue weighted by molar-refractivity contribution is -0.0112. The van der Waals surface area contributed by atoms with Crippen molar-refractivity contribution in [2.75, 3.05) is 40.6 Å². The van der Waals surface area contributed by atoms with Gasteiger partial charge in [0.1, 0.15) is 12.7 Å². The fraction of sp³-hybridized carbons (Fsp3) is 0.944. The number of rotatable bonds is 13. The van der Waals surface area contributed by atoms with Gasteiger partial charge >= 0.3 is 6.09 Å². The molecular weight excluding hydrogens is 310 g/mol. The average Bonchev–Trinajstić information content (AvgIpc) is 2.57. The first-order valence-electron chi connectivity index (χ1n) is 9.03. The Labute approximate surface area is 148 Å². The monoisotopic (exact) mass is 349 g/mol. The molecule has 0 heterocycles. The number of alkyl carbamates (subject to hydrolysis) is 1. The van der Waals surface area contributed by atoms with Crippen molar-refractivity contribution in [2.24, 2.45) is 5.92 Å². The third-order valence-electron chi connectivity index (χ3n) is 3.24. The molecule has 0 fully saturated rings. The molecule has 0 spiro atoms. The van der Waals surface area contributed by atoms with Crippen LogP contribution in [0.25, 0.3) is 0 Å². The van der Waals surface area contributed by atoms with Gasteiger partial charge in [-0.3, -0.25) is 0 Å². The molecule has 0 bridgehead atoms. The number of hydrogen-bond acceptors (Lipinski definition) is 5. The van der Waals surface area contributed by atoms with Crippen LogP contribution in [-0.4, -0.2) is 58.9 Å². The number of carbonyl (C=O) groups excluding carboxylic acids is 1. The maximum absolute atomic E-state index is 11.5. The molecule has 0 aromatic carbocycles. The zero-order valence-electron chi connectivity index (χ0n) is 16.7. The van der Waals surface area contributed by atoms with Gasteiger partial charge in [0, 0.05) is 27.4 Å². The average molecular weight is 350 g/mol. The summed E-state index contributed by atoms with van der Waals surface area (Å²) in [6.07, 6.45) is 2.43. The van der Waals surface area contributed by atoms with Crippen molar-refractivity contribution in [3.05, 3.63) is 0 Å². The molecule has 6 nitrogen and oxygen atoms in total. The summed E-state index contributed by atoms with van der Waals surface area (Å²) in [5.74, 6) is 0.665. The van der Waals surface area contributed by atoms with Gasteiger partial charge in [0.2, 0.25) is 0 Å². The van der Waals surface area contributed by atoms with Gasteiger partial charge in [-0.25, -0.2) is 4.79 Å². The van der Waals surface area contributed by atoms with E-state index in [0.717, 1.165) is 25.9 Å². The Morgan fingerprint density at radius 1 is 1.04 bits per heavy atom. The van der Waals surface area contributed by atoms with E-state index >= 15 is 0 Å². The molecule has 0 aliphatic heterocycles. The van der Waals surface area contributed by atoms with Crippen LogP contribution >= 0.6 is 0 Å². The van der Waals surface area contributed by atoms with Crippen LogP contribution in [0.1, 0.15) is 53.9 Å². The number of amides is 1. The topological polar surface area (TPSA) is 66.0 Å². The molecule has 2 unspecified atom stereocenters. The SMILES string of the molecule is CC.COCC(COC(=O)NCCCC(C)OCCC(C)C)OC. The summed E-state index contributed by atoms with van der Waals surface area (Å²) >= 11 is 0. The normalized spacial score (nSPS) is 13.0. The Hall–Kier alpha value is -0.850. The zero-order valence-corrected chi connectivity index (χ0v) is 16.7. The lowest BCUT2D eigenvalue weighted by atomic mass is 10.1. The highest BCUT2D eigenvalue weighted by Crippen LogP contribution is 2.05. The Bertz CT molecular complexity index is 274. The molecule has 1 N–H and O–H groups in total.